The van der Waals surface area contributed by atoms with E-state index in [1.165, 1.54) is 0 Å². The van der Waals surface area contributed by atoms with Gasteiger partial charge in [0.15, 0.2) is 0 Å². The molecule has 2 rings (SSSR count). The Labute approximate surface area is 101 Å². The Morgan fingerprint density at radius 3 is 2.59 bits per heavy atom. The van der Waals surface area contributed by atoms with Crippen LogP contribution in [0.5, 0.6) is 0 Å². The molecule has 0 radical (unpaired) electrons. The fraction of sp³-hybridized carbons (Fsp3) is 0.538. The third-order valence-corrected chi connectivity index (χ3v) is 3.15. The van der Waals surface area contributed by atoms with Crippen LogP contribution in [0.25, 0.3) is 0 Å². The summed E-state index contributed by atoms with van der Waals surface area (Å²) >= 11 is 0. The number of nitrogens with zero attached hydrogens (tertiary/aromatic N) is 1. The molecule has 17 heavy (non-hydrogen) atoms. The number of nitrogens with two attached hydrogens (primary N) is 1. The van der Waals surface area contributed by atoms with Gasteiger partial charge in [-0.3, -0.25) is 0 Å². The maximum Gasteiger partial charge on any atom is 0.126 e. The predicted molar refractivity (Wildman–Crippen MR) is 66.8 cm³/mol. The number of hydrogen-bond donors (Lipinski definition) is 1. The molecule has 1 aliphatic heterocycles. The highest BCUT2D eigenvalue weighted by atomic mass is 19.1. The second-order valence-electron chi connectivity index (χ2n) is 4.55. The third-order valence-electron chi connectivity index (χ3n) is 3.15. The highest BCUT2D eigenvalue weighted by molar-refractivity contribution is 5.57. The number of hydrogen-bond acceptors (Lipinski definition) is 3. The van der Waals surface area contributed by atoms with Crippen LogP contribution < -0.4 is 10.6 Å². The summed E-state index contributed by atoms with van der Waals surface area (Å²) in [6, 6.07) is 3.28. The van der Waals surface area contributed by atoms with Gasteiger partial charge in [-0.15, -0.1) is 0 Å². The minimum Gasteiger partial charge on any atom is -0.378 e. The first-order valence-electron chi connectivity index (χ1n) is 5.98. The van der Waals surface area contributed by atoms with Gasteiger partial charge in [-0.2, -0.15) is 0 Å². The molecule has 0 bridgehead atoms. The van der Waals surface area contributed by atoms with Gasteiger partial charge in [0.25, 0.3) is 0 Å². The van der Waals surface area contributed by atoms with Gasteiger partial charge in [0.1, 0.15) is 5.82 Å². The highest BCUT2D eigenvalue weighted by Gasteiger charge is 2.18. The number of ether oxygens (including phenoxy) is 1. The Bertz CT molecular complexity index is 401. The van der Waals surface area contributed by atoms with E-state index in [9.17, 15) is 4.39 Å². The fourth-order valence-corrected chi connectivity index (χ4v) is 2.12. The van der Waals surface area contributed by atoms with Gasteiger partial charge in [-0.1, -0.05) is 0 Å². The number of halogens is 1. The maximum absolute atomic E-state index is 13.6. The zero-order chi connectivity index (χ0) is 12.4. The van der Waals surface area contributed by atoms with E-state index in [0.717, 1.165) is 37.6 Å². The molecule has 1 fully saturated rings. The molecule has 0 aliphatic carbocycles. The molecule has 1 aromatic rings. The third kappa shape index (κ3) is 2.58. The van der Waals surface area contributed by atoms with Crippen molar-refractivity contribution in [3.8, 4) is 0 Å². The van der Waals surface area contributed by atoms with Gasteiger partial charge in [0.2, 0.25) is 0 Å². The molecule has 0 amide bonds. The minimum atomic E-state index is -0.186. The number of anilines is 1. The Hall–Kier alpha value is -1.13. The van der Waals surface area contributed by atoms with Gasteiger partial charge in [-0.25, -0.2) is 4.39 Å². The van der Waals surface area contributed by atoms with Gasteiger partial charge >= 0.3 is 0 Å². The van der Waals surface area contributed by atoms with Crippen LogP contribution in [0, 0.1) is 12.7 Å². The normalized spacial score (nSPS) is 18.2. The number of morpholine rings is 1. The lowest BCUT2D eigenvalue weighted by Gasteiger charge is -2.31. The maximum atomic E-state index is 13.6. The van der Waals surface area contributed by atoms with Crippen molar-refractivity contribution in [1.82, 2.24) is 0 Å². The monoisotopic (exact) mass is 238 g/mol. The van der Waals surface area contributed by atoms with E-state index in [0.29, 0.717) is 5.56 Å². The molecule has 3 nitrogen and oxygen atoms in total. The summed E-state index contributed by atoms with van der Waals surface area (Å²) in [4.78, 5) is 2.22. The summed E-state index contributed by atoms with van der Waals surface area (Å²) in [6.07, 6.45) is 0. The van der Waals surface area contributed by atoms with Gasteiger partial charge in [0, 0.05) is 24.8 Å². The van der Waals surface area contributed by atoms with Crippen LogP contribution in [-0.2, 0) is 4.74 Å². The molecule has 0 spiro atoms. The van der Waals surface area contributed by atoms with Gasteiger partial charge in [-0.05, 0) is 37.1 Å². The standard InChI is InChI=1S/C13H19FN2O/c1-9-7-13(16-3-5-17-6-4-16)11(10(2)15)8-12(9)14/h7-8,10H,3-6,15H2,1-2H3/t10-/m0/s1. The van der Waals surface area contributed by atoms with Crippen LogP contribution in [0.2, 0.25) is 0 Å². The zero-order valence-electron chi connectivity index (χ0n) is 10.4. The lowest BCUT2D eigenvalue weighted by molar-refractivity contribution is 0.122. The van der Waals surface area contributed by atoms with Crippen molar-refractivity contribution < 1.29 is 9.13 Å². The van der Waals surface area contributed by atoms with E-state index in [1.807, 2.05) is 13.0 Å². The summed E-state index contributed by atoms with van der Waals surface area (Å²) in [7, 11) is 0. The van der Waals surface area contributed by atoms with Gasteiger partial charge in [0.05, 0.1) is 13.2 Å². The van der Waals surface area contributed by atoms with Crippen molar-refractivity contribution in [3.63, 3.8) is 0 Å². The molecule has 2 N–H and O–H groups in total. The van der Waals surface area contributed by atoms with E-state index in [-0.39, 0.29) is 11.9 Å². The zero-order valence-corrected chi connectivity index (χ0v) is 10.4. The summed E-state index contributed by atoms with van der Waals surface area (Å²) in [5.74, 6) is -0.186. The van der Waals surface area contributed by atoms with Crippen molar-refractivity contribution in [2.45, 2.75) is 19.9 Å². The number of rotatable bonds is 2. The Morgan fingerprint density at radius 1 is 1.35 bits per heavy atom. The molecule has 94 valence electrons. The van der Waals surface area contributed by atoms with E-state index < -0.39 is 0 Å². The molecule has 0 unspecified atom stereocenters. The molecule has 4 heteroatoms. The average Bonchev–Trinajstić information content (AvgIpc) is 2.33. The molecule has 1 atom stereocenters. The van der Waals surface area contributed by atoms with E-state index in [1.54, 1.807) is 13.0 Å². The predicted octanol–water partition coefficient (Wildman–Crippen LogP) is 1.99. The van der Waals surface area contributed by atoms with E-state index in [4.69, 9.17) is 10.5 Å². The quantitative estimate of drug-likeness (QED) is 0.856. The van der Waals surface area contributed by atoms with Crippen molar-refractivity contribution in [2.75, 3.05) is 31.2 Å². The SMILES string of the molecule is Cc1cc(N2CCOCC2)c([C@H](C)N)cc1F. The van der Waals surface area contributed by atoms with E-state index in [2.05, 4.69) is 4.90 Å². The lowest BCUT2D eigenvalue weighted by atomic mass is 10.0. The molecule has 1 aromatic carbocycles. The van der Waals surface area contributed by atoms with Crippen LogP contribution in [0.1, 0.15) is 24.1 Å². The van der Waals surface area contributed by atoms with Gasteiger partial charge < -0.3 is 15.4 Å². The summed E-state index contributed by atoms with van der Waals surface area (Å²) in [6.45, 7) is 6.78. The Morgan fingerprint density at radius 2 is 2.00 bits per heavy atom. The van der Waals surface area contributed by atoms with Crippen LogP contribution in [-0.4, -0.2) is 26.3 Å². The largest absolute Gasteiger partial charge is 0.378 e. The molecule has 1 aliphatic rings. The topological polar surface area (TPSA) is 38.5 Å². The van der Waals surface area contributed by atoms with Crippen LogP contribution >= 0.6 is 0 Å². The van der Waals surface area contributed by atoms with Crippen LogP contribution in [0.4, 0.5) is 10.1 Å². The summed E-state index contributed by atoms with van der Waals surface area (Å²) in [5.41, 5.74) is 8.49. The Balaban J connectivity index is 2.39. The smallest absolute Gasteiger partial charge is 0.126 e. The number of benzene rings is 1. The molecule has 0 saturated carbocycles. The minimum absolute atomic E-state index is 0.164. The summed E-state index contributed by atoms with van der Waals surface area (Å²) < 4.78 is 18.9. The van der Waals surface area contributed by atoms with Crippen molar-refractivity contribution in [1.29, 1.82) is 0 Å². The molecular weight excluding hydrogens is 219 g/mol. The van der Waals surface area contributed by atoms with Crippen molar-refractivity contribution in [2.24, 2.45) is 5.73 Å². The highest BCUT2D eigenvalue weighted by Crippen LogP contribution is 2.28. The van der Waals surface area contributed by atoms with Crippen molar-refractivity contribution >= 4 is 5.69 Å². The Kier molecular flexibility index (Phi) is 3.64. The molecule has 0 aromatic heterocycles. The first-order chi connectivity index (χ1) is 8.09. The van der Waals surface area contributed by atoms with Crippen LogP contribution in [0.3, 0.4) is 0 Å². The van der Waals surface area contributed by atoms with Crippen LogP contribution in [0.15, 0.2) is 12.1 Å². The molecule has 1 saturated heterocycles. The number of aryl methyl sites for hydroxylation is 1. The second-order valence-corrected chi connectivity index (χ2v) is 4.55. The fourth-order valence-electron chi connectivity index (χ4n) is 2.12. The average molecular weight is 238 g/mol. The first-order valence-corrected chi connectivity index (χ1v) is 5.98. The summed E-state index contributed by atoms with van der Waals surface area (Å²) in [5, 5.41) is 0. The van der Waals surface area contributed by atoms with Crippen molar-refractivity contribution in [3.05, 3.63) is 29.1 Å². The lowest BCUT2D eigenvalue weighted by Crippen LogP contribution is -2.37. The second kappa shape index (κ2) is 5.02. The first kappa shape index (κ1) is 12.3. The van der Waals surface area contributed by atoms with E-state index >= 15 is 0 Å². The molecule has 1 heterocycles. The molecular formula is C13H19FN2O.